The standard InChI is InChI=1S/C11H20N2O4/c1-2-13(5-3-10(14)15)11(16)12-7-9-4-6-17-8-9/h9H,2-8H2,1H3,(H,12,16)(H,14,15). The number of carbonyl (C=O) groups is 2. The number of carboxylic acid groups (broad SMARTS) is 1. The van der Waals surface area contributed by atoms with Crippen molar-refractivity contribution in [1.82, 2.24) is 10.2 Å². The molecule has 1 saturated heterocycles. The molecule has 1 aliphatic rings. The van der Waals surface area contributed by atoms with Crippen molar-refractivity contribution in [3.05, 3.63) is 0 Å². The summed E-state index contributed by atoms with van der Waals surface area (Å²) in [6, 6.07) is -0.194. The number of nitrogens with one attached hydrogen (secondary N) is 1. The first-order valence-corrected chi connectivity index (χ1v) is 5.95. The number of carbonyl (C=O) groups excluding carboxylic acids is 1. The molecule has 0 saturated carbocycles. The molecule has 0 aromatic heterocycles. The van der Waals surface area contributed by atoms with Crippen LogP contribution in [0.1, 0.15) is 19.8 Å². The molecule has 98 valence electrons. The van der Waals surface area contributed by atoms with Gasteiger partial charge in [-0.05, 0) is 13.3 Å². The van der Waals surface area contributed by atoms with Crippen LogP contribution in [0, 0.1) is 5.92 Å². The van der Waals surface area contributed by atoms with Crippen molar-refractivity contribution in [1.29, 1.82) is 0 Å². The Labute approximate surface area is 101 Å². The fourth-order valence-corrected chi connectivity index (χ4v) is 1.72. The Bertz CT molecular complexity index is 264. The Morgan fingerprint density at radius 1 is 1.53 bits per heavy atom. The van der Waals surface area contributed by atoms with Gasteiger partial charge in [0.05, 0.1) is 13.0 Å². The smallest absolute Gasteiger partial charge is 0.317 e. The maximum atomic E-state index is 11.7. The Morgan fingerprint density at radius 3 is 2.82 bits per heavy atom. The van der Waals surface area contributed by atoms with Crippen LogP contribution < -0.4 is 5.32 Å². The average Bonchev–Trinajstić information content (AvgIpc) is 2.79. The summed E-state index contributed by atoms with van der Waals surface area (Å²) < 4.78 is 5.21. The Balaban J connectivity index is 2.24. The van der Waals surface area contributed by atoms with Gasteiger partial charge in [0.25, 0.3) is 0 Å². The number of urea groups is 1. The van der Waals surface area contributed by atoms with E-state index in [9.17, 15) is 9.59 Å². The molecular weight excluding hydrogens is 224 g/mol. The van der Waals surface area contributed by atoms with Crippen molar-refractivity contribution in [2.24, 2.45) is 5.92 Å². The first kappa shape index (κ1) is 13.8. The fraction of sp³-hybridized carbons (Fsp3) is 0.818. The molecule has 0 bridgehead atoms. The van der Waals surface area contributed by atoms with E-state index in [0.29, 0.717) is 25.6 Å². The van der Waals surface area contributed by atoms with Gasteiger partial charge in [-0.15, -0.1) is 0 Å². The number of hydrogen-bond donors (Lipinski definition) is 2. The van der Waals surface area contributed by atoms with Crippen LogP contribution in [0.3, 0.4) is 0 Å². The highest BCUT2D eigenvalue weighted by atomic mass is 16.5. The number of amides is 2. The molecule has 1 rings (SSSR count). The lowest BCUT2D eigenvalue weighted by Gasteiger charge is -2.21. The van der Waals surface area contributed by atoms with Gasteiger partial charge < -0.3 is 20.1 Å². The SMILES string of the molecule is CCN(CCC(=O)O)C(=O)NCC1CCOC1. The molecule has 1 atom stereocenters. The van der Waals surface area contributed by atoms with Gasteiger partial charge in [0.2, 0.25) is 0 Å². The van der Waals surface area contributed by atoms with Crippen LogP contribution >= 0.6 is 0 Å². The fourth-order valence-electron chi connectivity index (χ4n) is 1.72. The van der Waals surface area contributed by atoms with E-state index in [1.807, 2.05) is 6.92 Å². The number of aliphatic carboxylic acids is 1. The summed E-state index contributed by atoms with van der Waals surface area (Å²) in [4.78, 5) is 23.7. The van der Waals surface area contributed by atoms with Crippen molar-refractivity contribution in [2.75, 3.05) is 32.8 Å². The Hall–Kier alpha value is -1.30. The first-order valence-electron chi connectivity index (χ1n) is 5.95. The summed E-state index contributed by atoms with van der Waals surface area (Å²) >= 11 is 0. The molecule has 0 aromatic rings. The lowest BCUT2D eigenvalue weighted by Crippen LogP contribution is -2.42. The minimum absolute atomic E-state index is 0.0200. The second kappa shape index (κ2) is 7.11. The van der Waals surface area contributed by atoms with Gasteiger partial charge in [0.1, 0.15) is 0 Å². The van der Waals surface area contributed by atoms with Crippen molar-refractivity contribution >= 4 is 12.0 Å². The van der Waals surface area contributed by atoms with E-state index >= 15 is 0 Å². The topological polar surface area (TPSA) is 78.9 Å². The molecule has 6 nitrogen and oxygen atoms in total. The van der Waals surface area contributed by atoms with Crippen molar-refractivity contribution in [2.45, 2.75) is 19.8 Å². The lowest BCUT2D eigenvalue weighted by atomic mass is 10.1. The predicted molar refractivity (Wildman–Crippen MR) is 61.8 cm³/mol. The Kier molecular flexibility index (Phi) is 5.76. The quantitative estimate of drug-likeness (QED) is 0.714. The van der Waals surface area contributed by atoms with Gasteiger partial charge >= 0.3 is 12.0 Å². The maximum Gasteiger partial charge on any atom is 0.317 e. The van der Waals surface area contributed by atoms with Crippen LogP contribution in [0.15, 0.2) is 0 Å². The van der Waals surface area contributed by atoms with Gasteiger partial charge in [0, 0.05) is 32.2 Å². The highest BCUT2D eigenvalue weighted by Crippen LogP contribution is 2.10. The van der Waals surface area contributed by atoms with Gasteiger partial charge in [-0.2, -0.15) is 0 Å². The predicted octanol–water partition coefficient (Wildman–Crippen LogP) is 0.529. The van der Waals surface area contributed by atoms with Gasteiger partial charge in [0.15, 0.2) is 0 Å². The average molecular weight is 244 g/mol. The molecule has 1 unspecified atom stereocenters. The van der Waals surface area contributed by atoms with E-state index in [2.05, 4.69) is 5.32 Å². The normalized spacial score (nSPS) is 19.0. The van der Waals surface area contributed by atoms with E-state index in [1.54, 1.807) is 0 Å². The molecule has 17 heavy (non-hydrogen) atoms. The zero-order valence-corrected chi connectivity index (χ0v) is 10.1. The largest absolute Gasteiger partial charge is 0.481 e. The zero-order valence-electron chi connectivity index (χ0n) is 10.1. The molecule has 6 heteroatoms. The maximum absolute atomic E-state index is 11.7. The molecule has 2 amide bonds. The third-order valence-corrected chi connectivity index (χ3v) is 2.83. The number of ether oxygens (including phenoxy) is 1. The number of rotatable bonds is 6. The van der Waals surface area contributed by atoms with Crippen LogP contribution in [0.25, 0.3) is 0 Å². The van der Waals surface area contributed by atoms with E-state index in [4.69, 9.17) is 9.84 Å². The molecule has 0 aromatic carbocycles. The van der Waals surface area contributed by atoms with Crippen LogP contribution in [0.2, 0.25) is 0 Å². The summed E-state index contributed by atoms with van der Waals surface area (Å²) in [5.74, 6) is -0.502. The molecule has 0 spiro atoms. The van der Waals surface area contributed by atoms with Crippen molar-refractivity contribution in [3.8, 4) is 0 Å². The molecule has 1 heterocycles. The molecular formula is C11H20N2O4. The molecule has 2 N–H and O–H groups in total. The zero-order chi connectivity index (χ0) is 12.7. The molecule has 1 fully saturated rings. The van der Waals surface area contributed by atoms with Gasteiger partial charge in [-0.1, -0.05) is 0 Å². The second-order valence-electron chi connectivity index (χ2n) is 4.14. The first-order chi connectivity index (χ1) is 8.13. The lowest BCUT2D eigenvalue weighted by molar-refractivity contribution is -0.137. The number of hydrogen-bond acceptors (Lipinski definition) is 3. The summed E-state index contributed by atoms with van der Waals surface area (Å²) in [6.45, 7) is 4.65. The molecule has 0 aliphatic carbocycles. The monoisotopic (exact) mass is 244 g/mol. The van der Waals surface area contributed by atoms with Crippen LogP contribution in [-0.4, -0.2) is 54.9 Å². The van der Waals surface area contributed by atoms with Crippen molar-refractivity contribution < 1.29 is 19.4 Å². The van der Waals surface area contributed by atoms with E-state index in [0.717, 1.165) is 13.0 Å². The highest BCUT2D eigenvalue weighted by molar-refractivity contribution is 5.75. The van der Waals surface area contributed by atoms with E-state index in [1.165, 1.54) is 4.90 Å². The van der Waals surface area contributed by atoms with Crippen LogP contribution in [-0.2, 0) is 9.53 Å². The van der Waals surface area contributed by atoms with E-state index in [-0.39, 0.29) is 19.0 Å². The van der Waals surface area contributed by atoms with Crippen LogP contribution in [0.4, 0.5) is 4.79 Å². The Morgan fingerprint density at radius 2 is 2.29 bits per heavy atom. The molecule has 0 radical (unpaired) electrons. The van der Waals surface area contributed by atoms with Crippen molar-refractivity contribution in [3.63, 3.8) is 0 Å². The van der Waals surface area contributed by atoms with Gasteiger partial charge in [-0.25, -0.2) is 4.79 Å². The highest BCUT2D eigenvalue weighted by Gasteiger charge is 2.18. The minimum atomic E-state index is -0.888. The van der Waals surface area contributed by atoms with Gasteiger partial charge in [-0.3, -0.25) is 4.79 Å². The molecule has 1 aliphatic heterocycles. The summed E-state index contributed by atoms with van der Waals surface area (Å²) in [7, 11) is 0. The number of nitrogens with zero attached hydrogens (tertiary/aromatic N) is 1. The minimum Gasteiger partial charge on any atom is -0.481 e. The third-order valence-electron chi connectivity index (χ3n) is 2.83. The summed E-state index contributed by atoms with van der Waals surface area (Å²) in [5, 5.41) is 11.4. The summed E-state index contributed by atoms with van der Waals surface area (Å²) in [6.07, 6.45) is 0.954. The third kappa shape index (κ3) is 5.04. The number of carboxylic acids is 1. The second-order valence-corrected chi connectivity index (χ2v) is 4.14. The van der Waals surface area contributed by atoms with E-state index < -0.39 is 5.97 Å². The summed E-state index contributed by atoms with van der Waals surface area (Å²) in [5.41, 5.74) is 0. The van der Waals surface area contributed by atoms with Crippen LogP contribution in [0.5, 0.6) is 0 Å².